The molecule has 0 radical (unpaired) electrons. The number of nitrogens with zero attached hydrogens (tertiary/aromatic N) is 5. The molecule has 1 amide bonds. The van der Waals surface area contributed by atoms with Crippen LogP contribution in [0.4, 0.5) is 13.2 Å². The van der Waals surface area contributed by atoms with Gasteiger partial charge in [-0.2, -0.15) is 18.3 Å². The predicted octanol–water partition coefficient (Wildman–Crippen LogP) is 3.28. The molecule has 38 heavy (non-hydrogen) atoms. The number of halogens is 3. The molecule has 0 bridgehead atoms. The maximum atomic E-state index is 13.1. The number of carbonyl (C=O) groups is 1. The van der Waals surface area contributed by atoms with Crippen LogP contribution in [-0.2, 0) is 12.7 Å². The van der Waals surface area contributed by atoms with Crippen molar-refractivity contribution in [1.29, 1.82) is 0 Å². The standard InChI is InChI=1S/C26H24F3N5O4/c1-38-20-8-2-17(3-9-20)23(35)32-12-10-25(37,11-13-32)15-33-16-30-22-21(24(33)36)14-31-34(22)19-6-4-18(5-7-19)26(27,28)29/h2-9,14,16,37H,10-13,15H2,1H3. The first-order chi connectivity index (χ1) is 18.1. The second kappa shape index (κ2) is 9.60. The van der Waals surface area contributed by atoms with Gasteiger partial charge in [0.15, 0.2) is 5.65 Å². The Morgan fingerprint density at radius 2 is 1.74 bits per heavy atom. The molecule has 0 saturated carbocycles. The van der Waals surface area contributed by atoms with E-state index in [-0.39, 0.29) is 36.3 Å². The Hall–Kier alpha value is -4.19. The van der Waals surface area contributed by atoms with Gasteiger partial charge < -0.3 is 14.7 Å². The van der Waals surface area contributed by atoms with Crippen LogP contribution >= 0.6 is 0 Å². The van der Waals surface area contributed by atoms with Crippen molar-refractivity contribution in [1.82, 2.24) is 24.2 Å². The Morgan fingerprint density at radius 3 is 2.34 bits per heavy atom. The predicted molar refractivity (Wildman–Crippen MR) is 131 cm³/mol. The number of rotatable bonds is 5. The molecule has 2 aromatic heterocycles. The maximum absolute atomic E-state index is 13.1. The number of hydrogen-bond acceptors (Lipinski definition) is 6. The number of amides is 1. The smallest absolute Gasteiger partial charge is 0.416 e. The van der Waals surface area contributed by atoms with Crippen molar-refractivity contribution in [3.63, 3.8) is 0 Å². The normalized spacial score (nSPS) is 15.6. The lowest BCUT2D eigenvalue weighted by Gasteiger charge is -2.38. The molecule has 4 aromatic rings. The van der Waals surface area contributed by atoms with E-state index in [0.717, 1.165) is 12.1 Å². The number of piperidine rings is 1. The SMILES string of the molecule is COc1ccc(C(=O)N2CCC(O)(Cn3cnc4c(cnn4-c4ccc(C(F)(F)F)cc4)c3=O)CC2)cc1. The highest BCUT2D eigenvalue weighted by Gasteiger charge is 2.35. The Kier molecular flexibility index (Phi) is 6.43. The number of carbonyl (C=O) groups excluding carboxylic acids is 1. The van der Waals surface area contributed by atoms with Crippen LogP contribution in [0.1, 0.15) is 28.8 Å². The molecule has 1 saturated heterocycles. The van der Waals surface area contributed by atoms with Gasteiger partial charge >= 0.3 is 6.18 Å². The van der Waals surface area contributed by atoms with Gasteiger partial charge in [0.2, 0.25) is 0 Å². The summed E-state index contributed by atoms with van der Waals surface area (Å²) in [6, 6.07) is 11.2. The molecule has 0 unspecified atom stereocenters. The minimum Gasteiger partial charge on any atom is -0.497 e. The van der Waals surface area contributed by atoms with Crippen LogP contribution in [0.3, 0.4) is 0 Å². The Labute approximate surface area is 214 Å². The summed E-state index contributed by atoms with van der Waals surface area (Å²) in [6.45, 7) is 0.611. The second-order valence-electron chi connectivity index (χ2n) is 9.26. The number of ether oxygens (including phenoxy) is 1. The van der Waals surface area contributed by atoms with Gasteiger partial charge in [-0.3, -0.25) is 14.2 Å². The summed E-state index contributed by atoms with van der Waals surface area (Å²) in [5.41, 5.74) is -1.41. The summed E-state index contributed by atoms with van der Waals surface area (Å²) in [6.07, 6.45) is -1.33. The van der Waals surface area contributed by atoms with Crippen LogP contribution in [0.2, 0.25) is 0 Å². The summed E-state index contributed by atoms with van der Waals surface area (Å²) in [4.78, 5) is 31.9. The second-order valence-corrected chi connectivity index (χ2v) is 9.26. The Morgan fingerprint density at radius 1 is 1.08 bits per heavy atom. The minimum absolute atomic E-state index is 0.0230. The molecule has 3 heterocycles. The lowest BCUT2D eigenvalue weighted by molar-refractivity contribution is -0.137. The molecule has 198 valence electrons. The highest BCUT2D eigenvalue weighted by atomic mass is 19.4. The maximum Gasteiger partial charge on any atom is 0.416 e. The minimum atomic E-state index is -4.46. The van der Waals surface area contributed by atoms with Gasteiger partial charge in [0.1, 0.15) is 17.5 Å². The number of aromatic nitrogens is 4. The number of hydrogen-bond donors (Lipinski definition) is 1. The number of methoxy groups -OCH3 is 1. The van der Waals surface area contributed by atoms with Gasteiger partial charge in [-0.1, -0.05) is 0 Å². The van der Waals surface area contributed by atoms with Crippen molar-refractivity contribution in [2.75, 3.05) is 20.2 Å². The van der Waals surface area contributed by atoms with Gasteiger partial charge in [0.25, 0.3) is 11.5 Å². The lowest BCUT2D eigenvalue weighted by Crippen LogP contribution is -2.49. The molecule has 1 aliphatic rings. The van der Waals surface area contributed by atoms with Crippen molar-refractivity contribution in [2.24, 2.45) is 0 Å². The van der Waals surface area contributed by atoms with E-state index in [0.29, 0.717) is 30.1 Å². The molecule has 0 atom stereocenters. The highest BCUT2D eigenvalue weighted by molar-refractivity contribution is 5.94. The zero-order valence-electron chi connectivity index (χ0n) is 20.4. The fourth-order valence-electron chi connectivity index (χ4n) is 4.56. The molecule has 0 aliphatic carbocycles. The zero-order chi connectivity index (χ0) is 27.1. The van der Waals surface area contributed by atoms with Crippen LogP contribution in [0, 0.1) is 0 Å². The van der Waals surface area contributed by atoms with E-state index in [1.807, 2.05) is 0 Å². The first-order valence-electron chi connectivity index (χ1n) is 11.8. The van der Waals surface area contributed by atoms with Gasteiger partial charge in [-0.05, 0) is 61.4 Å². The number of alkyl halides is 3. The molecule has 0 spiro atoms. The quantitative estimate of drug-likeness (QED) is 0.428. The lowest BCUT2D eigenvalue weighted by atomic mass is 9.91. The van der Waals surface area contributed by atoms with Gasteiger partial charge in [0.05, 0.1) is 36.7 Å². The summed E-state index contributed by atoms with van der Waals surface area (Å²) in [5, 5.41) is 15.5. The number of benzene rings is 2. The summed E-state index contributed by atoms with van der Waals surface area (Å²) in [7, 11) is 1.55. The molecular weight excluding hydrogens is 503 g/mol. The monoisotopic (exact) mass is 527 g/mol. The summed E-state index contributed by atoms with van der Waals surface area (Å²) in [5.74, 6) is 0.501. The van der Waals surface area contributed by atoms with Crippen molar-refractivity contribution in [2.45, 2.75) is 31.2 Å². The molecule has 1 fully saturated rings. The van der Waals surface area contributed by atoms with Gasteiger partial charge in [0, 0.05) is 18.7 Å². The van der Waals surface area contributed by atoms with Crippen LogP contribution in [0.25, 0.3) is 16.7 Å². The molecule has 12 heteroatoms. The van der Waals surface area contributed by atoms with Crippen LogP contribution < -0.4 is 10.3 Å². The average Bonchev–Trinajstić information content (AvgIpc) is 3.35. The van der Waals surface area contributed by atoms with Crippen molar-refractivity contribution >= 4 is 16.9 Å². The summed E-state index contributed by atoms with van der Waals surface area (Å²) >= 11 is 0. The van der Waals surface area contributed by atoms with Crippen LogP contribution in [0.5, 0.6) is 5.75 Å². The van der Waals surface area contributed by atoms with E-state index in [4.69, 9.17) is 4.74 Å². The third-order valence-electron chi connectivity index (χ3n) is 6.78. The van der Waals surface area contributed by atoms with E-state index in [1.165, 1.54) is 33.9 Å². The molecule has 9 nitrogen and oxygen atoms in total. The van der Waals surface area contributed by atoms with Crippen LogP contribution in [-0.4, -0.2) is 61.0 Å². The van der Waals surface area contributed by atoms with Gasteiger partial charge in [-0.15, -0.1) is 0 Å². The van der Waals surface area contributed by atoms with Crippen molar-refractivity contribution in [3.8, 4) is 11.4 Å². The fraction of sp³-hybridized carbons (Fsp3) is 0.308. The first-order valence-corrected chi connectivity index (χ1v) is 11.8. The fourth-order valence-corrected chi connectivity index (χ4v) is 4.56. The van der Waals surface area contributed by atoms with Crippen LogP contribution in [0.15, 0.2) is 65.8 Å². The summed E-state index contributed by atoms with van der Waals surface area (Å²) < 4.78 is 46.3. The largest absolute Gasteiger partial charge is 0.497 e. The molecule has 1 N–H and O–H groups in total. The number of aliphatic hydroxyl groups is 1. The zero-order valence-corrected chi connectivity index (χ0v) is 20.4. The first kappa shape index (κ1) is 25.5. The van der Waals surface area contributed by atoms with E-state index >= 15 is 0 Å². The highest BCUT2D eigenvalue weighted by Crippen LogP contribution is 2.30. The number of fused-ring (bicyclic) bond motifs is 1. The molecule has 1 aliphatic heterocycles. The van der Waals surface area contributed by atoms with E-state index < -0.39 is 22.9 Å². The third kappa shape index (κ3) is 4.86. The third-order valence-corrected chi connectivity index (χ3v) is 6.78. The van der Waals surface area contributed by atoms with Gasteiger partial charge in [-0.25, -0.2) is 9.67 Å². The van der Waals surface area contributed by atoms with E-state index in [1.54, 1.807) is 36.3 Å². The topological polar surface area (TPSA) is 102 Å². The van der Waals surface area contributed by atoms with E-state index in [2.05, 4.69) is 10.1 Å². The van der Waals surface area contributed by atoms with E-state index in [9.17, 15) is 27.9 Å². The number of likely N-dealkylation sites (tertiary alicyclic amines) is 1. The van der Waals surface area contributed by atoms with Crippen molar-refractivity contribution < 1.29 is 27.8 Å². The molecule has 5 rings (SSSR count). The molecular formula is C26H24F3N5O4. The Bertz CT molecular complexity index is 1520. The Balaban J connectivity index is 1.30. The average molecular weight is 528 g/mol. The van der Waals surface area contributed by atoms with Crippen molar-refractivity contribution in [3.05, 3.63) is 82.5 Å². The molecule has 2 aromatic carbocycles.